The summed E-state index contributed by atoms with van der Waals surface area (Å²) < 4.78 is 0. The molecule has 1 fully saturated rings. The molecule has 1 nitrogen and oxygen atoms in total. The molecule has 2 aliphatic carbocycles. The van der Waals surface area contributed by atoms with E-state index in [-0.39, 0.29) is 5.78 Å². The zero-order valence-electron chi connectivity index (χ0n) is 7.92. The van der Waals surface area contributed by atoms with Gasteiger partial charge in [-0.3, -0.25) is 4.79 Å². The smallest absolute Gasteiger partial charge is 0.202 e. The summed E-state index contributed by atoms with van der Waals surface area (Å²) in [6.07, 6.45) is 8.18. The van der Waals surface area contributed by atoms with E-state index in [1.165, 1.54) is 19.8 Å². The maximum atomic E-state index is 10.6. The lowest BCUT2D eigenvalue weighted by molar-refractivity contribution is -0.111. The standard InChI is InChI=1S/C12H14O/c1-9(13)3-2-4-11-7-10-5-6-12(11)8-10/h5-6,10-12H,4,7-8H2,1H3. The van der Waals surface area contributed by atoms with Gasteiger partial charge in [0.05, 0.1) is 0 Å². The highest BCUT2D eigenvalue weighted by atomic mass is 16.1. The van der Waals surface area contributed by atoms with Crippen LogP contribution in [-0.2, 0) is 4.79 Å². The number of carbonyl (C=O) groups excluding carboxylic acids is 1. The number of rotatable bonds is 1. The fourth-order valence-corrected chi connectivity index (χ4v) is 2.44. The molecule has 0 aromatic carbocycles. The Hall–Kier alpha value is -1.03. The summed E-state index contributed by atoms with van der Waals surface area (Å²) in [4.78, 5) is 10.6. The lowest BCUT2D eigenvalue weighted by Crippen LogP contribution is -2.05. The largest absolute Gasteiger partial charge is 0.285 e. The molecule has 0 heterocycles. The Morgan fingerprint density at radius 3 is 2.85 bits per heavy atom. The molecule has 0 spiro atoms. The molecule has 3 atom stereocenters. The summed E-state index contributed by atoms with van der Waals surface area (Å²) in [6.45, 7) is 1.52. The quantitative estimate of drug-likeness (QED) is 0.338. The highest BCUT2D eigenvalue weighted by molar-refractivity contribution is 5.93. The van der Waals surface area contributed by atoms with E-state index in [0.29, 0.717) is 0 Å². The summed E-state index contributed by atoms with van der Waals surface area (Å²) in [5.41, 5.74) is 0. The zero-order valence-corrected chi connectivity index (χ0v) is 7.92. The third-order valence-electron chi connectivity index (χ3n) is 3.05. The maximum Gasteiger partial charge on any atom is 0.202 e. The normalized spacial score (nSPS) is 34.4. The van der Waals surface area contributed by atoms with Gasteiger partial charge in [-0.15, -0.1) is 0 Å². The highest BCUT2D eigenvalue weighted by Crippen LogP contribution is 2.44. The predicted molar refractivity (Wildman–Crippen MR) is 51.9 cm³/mol. The second-order valence-corrected chi connectivity index (χ2v) is 4.10. The number of ketones is 1. The minimum atomic E-state index is -0.0151. The van der Waals surface area contributed by atoms with Gasteiger partial charge < -0.3 is 0 Å². The van der Waals surface area contributed by atoms with Crippen molar-refractivity contribution in [3.8, 4) is 11.8 Å². The topological polar surface area (TPSA) is 17.1 Å². The van der Waals surface area contributed by atoms with Crippen molar-refractivity contribution in [1.82, 2.24) is 0 Å². The molecular weight excluding hydrogens is 160 g/mol. The summed E-state index contributed by atoms with van der Waals surface area (Å²) >= 11 is 0. The average Bonchev–Trinajstić information content (AvgIpc) is 2.64. The van der Waals surface area contributed by atoms with E-state index in [4.69, 9.17) is 0 Å². The maximum absolute atomic E-state index is 10.6. The highest BCUT2D eigenvalue weighted by Gasteiger charge is 2.34. The Morgan fingerprint density at radius 2 is 2.31 bits per heavy atom. The molecule has 0 amide bonds. The summed E-state index contributed by atoms with van der Waals surface area (Å²) in [7, 11) is 0. The molecule has 0 radical (unpaired) electrons. The number of fused-ring (bicyclic) bond motifs is 2. The van der Waals surface area contributed by atoms with Gasteiger partial charge in [0.2, 0.25) is 5.78 Å². The molecule has 0 N–H and O–H groups in total. The molecule has 1 saturated carbocycles. The van der Waals surface area contributed by atoms with Gasteiger partial charge in [-0.1, -0.05) is 18.1 Å². The number of allylic oxidation sites excluding steroid dienone is 2. The number of hydrogen-bond donors (Lipinski definition) is 0. The Balaban J connectivity index is 1.88. The Bertz CT molecular complexity index is 303. The summed E-state index contributed by atoms with van der Waals surface area (Å²) in [5, 5.41) is 0. The SMILES string of the molecule is CC(=O)C#CCC1CC2C=CC1C2. The first kappa shape index (κ1) is 8.56. The predicted octanol–water partition coefficient (Wildman–Crippen LogP) is 2.18. The van der Waals surface area contributed by atoms with Crippen molar-refractivity contribution in [2.24, 2.45) is 17.8 Å². The van der Waals surface area contributed by atoms with Crippen LogP contribution in [0.5, 0.6) is 0 Å². The van der Waals surface area contributed by atoms with E-state index in [2.05, 4.69) is 24.0 Å². The van der Waals surface area contributed by atoms with Crippen LogP contribution in [0.1, 0.15) is 26.2 Å². The van der Waals surface area contributed by atoms with E-state index in [1.807, 2.05) is 0 Å². The van der Waals surface area contributed by atoms with Gasteiger partial charge in [-0.05, 0) is 36.5 Å². The molecule has 1 heteroatoms. The van der Waals surface area contributed by atoms with Gasteiger partial charge in [0.15, 0.2) is 0 Å². The molecule has 13 heavy (non-hydrogen) atoms. The monoisotopic (exact) mass is 174 g/mol. The molecule has 0 aromatic heterocycles. The van der Waals surface area contributed by atoms with Gasteiger partial charge in [0.1, 0.15) is 0 Å². The van der Waals surface area contributed by atoms with Crippen molar-refractivity contribution in [3.63, 3.8) is 0 Å². The van der Waals surface area contributed by atoms with Crippen LogP contribution in [0, 0.1) is 29.6 Å². The minimum Gasteiger partial charge on any atom is -0.285 e. The average molecular weight is 174 g/mol. The third-order valence-corrected chi connectivity index (χ3v) is 3.05. The van der Waals surface area contributed by atoms with E-state index < -0.39 is 0 Å². The van der Waals surface area contributed by atoms with E-state index in [0.717, 1.165) is 24.2 Å². The van der Waals surface area contributed by atoms with Gasteiger partial charge in [0.25, 0.3) is 0 Å². The Kier molecular flexibility index (Phi) is 2.22. The van der Waals surface area contributed by atoms with Crippen LogP contribution in [0.2, 0.25) is 0 Å². The second kappa shape index (κ2) is 3.38. The van der Waals surface area contributed by atoms with Crippen molar-refractivity contribution in [3.05, 3.63) is 12.2 Å². The van der Waals surface area contributed by atoms with E-state index >= 15 is 0 Å². The third kappa shape index (κ3) is 1.83. The van der Waals surface area contributed by atoms with Crippen molar-refractivity contribution >= 4 is 5.78 Å². The Morgan fingerprint density at radius 1 is 1.46 bits per heavy atom. The van der Waals surface area contributed by atoms with Crippen LogP contribution in [0.4, 0.5) is 0 Å². The molecule has 2 bridgehead atoms. The molecule has 2 rings (SSSR count). The first-order valence-corrected chi connectivity index (χ1v) is 4.93. The van der Waals surface area contributed by atoms with Crippen LogP contribution in [-0.4, -0.2) is 5.78 Å². The van der Waals surface area contributed by atoms with Crippen molar-refractivity contribution in [2.45, 2.75) is 26.2 Å². The molecule has 0 aromatic rings. The zero-order chi connectivity index (χ0) is 9.26. The van der Waals surface area contributed by atoms with Crippen molar-refractivity contribution in [2.75, 3.05) is 0 Å². The van der Waals surface area contributed by atoms with E-state index in [9.17, 15) is 4.79 Å². The molecule has 68 valence electrons. The van der Waals surface area contributed by atoms with Gasteiger partial charge in [-0.25, -0.2) is 0 Å². The van der Waals surface area contributed by atoms with Crippen molar-refractivity contribution < 1.29 is 4.79 Å². The first-order chi connectivity index (χ1) is 6.25. The lowest BCUT2D eigenvalue weighted by atomic mass is 9.91. The summed E-state index contributed by atoms with van der Waals surface area (Å²) in [5.74, 6) is 7.88. The first-order valence-electron chi connectivity index (χ1n) is 4.93. The van der Waals surface area contributed by atoms with Gasteiger partial charge in [-0.2, -0.15) is 0 Å². The minimum absolute atomic E-state index is 0.0151. The van der Waals surface area contributed by atoms with Gasteiger partial charge in [0, 0.05) is 13.3 Å². The van der Waals surface area contributed by atoms with Crippen LogP contribution in [0.25, 0.3) is 0 Å². The molecular formula is C12H14O. The number of Topliss-reactive ketones (excluding diaryl/α,β-unsaturated/α-hetero) is 1. The molecule has 2 aliphatic rings. The van der Waals surface area contributed by atoms with Crippen LogP contribution in [0.15, 0.2) is 12.2 Å². The van der Waals surface area contributed by atoms with Crippen molar-refractivity contribution in [1.29, 1.82) is 0 Å². The number of carbonyl (C=O) groups is 1. The second-order valence-electron chi connectivity index (χ2n) is 4.10. The lowest BCUT2D eigenvalue weighted by Gasteiger charge is -2.13. The van der Waals surface area contributed by atoms with Crippen LogP contribution >= 0.6 is 0 Å². The van der Waals surface area contributed by atoms with Crippen LogP contribution < -0.4 is 0 Å². The molecule has 0 saturated heterocycles. The fourth-order valence-electron chi connectivity index (χ4n) is 2.44. The van der Waals surface area contributed by atoms with Gasteiger partial charge >= 0.3 is 0 Å². The fraction of sp³-hybridized carbons (Fsp3) is 0.583. The Labute approximate surface area is 79.2 Å². The number of hydrogen-bond acceptors (Lipinski definition) is 1. The molecule has 0 aliphatic heterocycles. The van der Waals surface area contributed by atoms with Crippen LogP contribution in [0.3, 0.4) is 0 Å². The molecule has 3 unspecified atom stereocenters. The summed E-state index contributed by atoms with van der Waals surface area (Å²) in [6, 6.07) is 0. The van der Waals surface area contributed by atoms with E-state index in [1.54, 1.807) is 0 Å².